The summed E-state index contributed by atoms with van der Waals surface area (Å²) < 4.78 is 0. The van der Waals surface area contributed by atoms with Crippen LogP contribution in [-0.4, -0.2) is 42.1 Å². The van der Waals surface area contributed by atoms with Gasteiger partial charge in [-0.1, -0.05) is 44.9 Å². The Balaban J connectivity index is 1.54. The van der Waals surface area contributed by atoms with Gasteiger partial charge in [-0.2, -0.15) is 0 Å². The van der Waals surface area contributed by atoms with Crippen molar-refractivity contribution in [3.8, 4) is 0 Å². The molecule has 0 bridgehead atoms. The minimum absolute atomic E-state index is 0.0738. The van der Waals surface area contributed by atoms with E-state index in [9.17, 15) is 4.79 Å². The summed E-state index contributed by atoms with van der Waals surface area (Å²) in [7, 11) is 0. The number of carbonyl (C=O) groups excluding carboxylic acids is 1. The Morgan fingerprint density at radius 2 is 1.82 bits per heavy atom. The normalized spacial score (nSPS) is 15.1. The zero-order chi connectivity index (χ0) is 23.0. The minimum Gasteiger partial charge on any atom is -0.361 e. The second-order valence-electron chi connectivity index (χ2n) is 9.24. The molecule has 1 saturated heterocycles. The zero-order valence-electron chi connectivity index (χ0n) is 20.1. The number of nitrogens with one attached hydrogen (secondary N) is 2. The number of aromatic amines is 1. The molecule has 1 aromatic heterocycles. The van der Waals surface area contributed by atoms with Crippen LogP contribution in [0.2, 0.25) is 0 Å². The molecular weight excluding hydrogens is 408 g/mol. The molecule has 1 aliphatic rings. The lowest BCUT2D eigenvalue weighted by molar-refractivity contribution is 0.210. The van der Waals surface area contributed by atoms with Crippen LogP contribution in [0, 0.1) is 0 Å². The van der Waals surface area contributed by atoms with Gasteiger partial charge in [0.25, 0.3) is 0 Å². The van der Waals surface area contributed by atoms with Gasteiger partial charge < -0.3 is 15.2 Å². The number of piperidine rings is 1. The van der Waals surface area contributed by atoms with E-state index in [-0.39, 0.29) is 6.03 Å². The van der Waals surface area contributed by atoms with Crippen LogP contribution in [0.15, 0.2) is 54.7 Å². The maximum absolute atomic E-state index is 13.2. The summed E-state index contributed by atoms with van der Waals surface area (Å²) >= 11 is 0. The summed E-state index contributed by atoms with van der Waals surface area (Å²) in [5.74, 6) is 0.578. The quantitative estimate of drug-likeness (QED) is 0.372. The Kier molecular flexibility index (Phi) is 8.05. The van der Waals surface area contributed by atoms with Crippen molar-refractivity contribution in [1.82, 2.24) is 9.88 Å². The Morgan fingerprint density at radius 3 is 2.55 bits per heavy atom. The summed E-state index contributed by atoms with van der Waals surface area (Å²) in [6.45, 7) is 8.71. The fraction of sp³-hybridized carbons (Fsp3) is 0.464. The molecule has 4 rings (SSSR count). The highest BCUT2D eigenvalue weighted by molar-refractivity contribution is 6.03. The zero-order valence-corrected chi connectivity index (χ0v) is 20.1. The van der Waals surface area contributed by atoms with Crippen molar-refractivity contribution in [3.63, 3.8) is 0 Å². The van der Waals surface area contributed by atoms with Crippen LogP contribution in [0.1, 0.15) is 63.9 Å². The number of unbranched alkanes of at least 4 members (excludes halogenated alkanes) is 2. The number of anilines is 2. The van der Waals surface area contributed by atoms with Crippen molar-refractivity contribution >= 4 is 28.3 Å². The van der Waals surface area contributed by atoms with Crippen LogP contribution >= 0.6 is 0 Å². The lowest BCUT2D eigenvalue weighted by atomic mass is 9.89. The molecule has 33 heavy (non-hydrogen) atoms. The molecule has 0 aliphatic carbocycles. The van der Waals surface area contributed by atoms with Gasteiger partial charge in [-0.15, -0.1) is 0 Å². The summed E-state index contributed by atoms with van der Waals surface area (Å²) in [5, 5.41) is 4.32. The van der Waals surface area contributed by atoms with E-state index in [0.29, 0.717) is 12.5 Å². The van der Waals surface area contributed by atoms with Crippen molar-refractivity contribution in [2.75, 3.05) is 36.4 Å². The predicted octanol–water partition coefficient (Wildman–Crippen LogP) is 6.99. The number of likely N-dealkylation sites (tertiary alicyclic amines) is 1. The standard InChI is InChI=1S/C28H38N4O/c1-3-5-16-31-18-14-22(15-19-31)26-21-29-27-13-12-24(20-25(26)27)32(17-6-4-2)28(33)30-23-10-8-7-9-11-23/h7-13,20-22,29H,3-6,14-19H2,1-2H3,(H,30,33). The average Bonchev–Trinajstić information content (AvgIpc) is 3.27. The second kappa shape index (κ2) is 11.4. The third kappa shape index (κ3) is 5.77. The molecule has 2 N–H and O–H groups in total. The van der Waals surface area contributed by atoms with E-state index in [4.69, 9.17) is 0 Å². The van der Waals surface area contributed by atoms with Gasteiger partial charge in [-0.25, -0.2) is 4.79 Å². The number of nitrogens with zero attached hydrogens (tertiary/aromatic N) is 2. The van der Waals surface area contributed by atoms with Gasteiger partial charge in [-0.05, 0) is 87.1 Å². The molecule has 2 aromatic carbocycles. The summed E-state index contributed by atoms with van der Waals surface area (Å²) in [6.07, 6.45) is 9.17. The fourth-order valence-corrected chi connectivity index (χ4v) is 4.86. The predicted molar refractivity (Wildman–Crippen MR) is 139 cm³/mol. The molecule has 2 heterocycles. The number of rotatable bonds is 9. The maximum Gasteiger partial charge on any atom is 0.326 e. The number of urea groups is 1. The smallest absolute Gasteiger partial charge is 0.326 e. The highest BCUT2D eigenvalue weighted by Crippen LogP contribution is 2.35. The van der Waals surface area contributed by atoms with E-state index < -0.39 is 0 Å². The number of para-hydroxylation sites is 1. The molecule has 176 valence electrons. The number of H-pyrrole nitrogens is 1. The highest BCUT2D eigenvalue weighted by Gasteiger charge is 2.23. The van der Waals surface area contributed by atoms with Gasteiger partial charge in [0.15, 0.2) is 0 Å². The van der Waals surface area contributed by atoms with Gasteiger partial charge in [0.1, 0.15) is 0 Å². The van der Waals surface area contributed by atoms with Gasteiger partial charge >= 0.3 is 6.03 Å². The number of carbonyl (C=O) groups is 1. The first-order valence-electron chi connectivity index (χ1n) is 12.7. The number of fused-ring (bicyclic) bond motifs is 1. The molecule has 1 aliphatic heterocycles. The molecule has 5 nitrogen and oxygen atoms in total. The number of hydrogen-bond acceptors (Lipinski definition) is 2. The van der Waals surface area contributed by atoms with Crippen LogP contribution in [0.5, 0.6) is 0 Å². The molecular formula is C28H38N4O. The number of benzene rings is 2. The van der Waals surface area contributed by atoms with Crippen LogP contribution in [0.25, 0.3) is 10.9 Å². The maximum atomic E-state index is 13.2. The fourth-order valence-electron chi connectivity index (χ4n) is 4.86. The molecule has 0 radical (unpaired) electrons. The number of amides is 2. The Bertz CT molecular complexity index is 1020. The lowest BCUT2D eigenvalue weighted by Gasteiger charge is -2.32. The third-order valence-electron chi connectivity index (χ3n) is 6.87. The SMILES string of the molecule is CCCCN1CCC(c2c[nH]c3ccc(N(CCCC)C(=O)Nc4ccccc4)cc23)CC1. The molecule has 2 amide bonds. The van der Waals surface area contributed by atoms with E-state index >= 15 is 0 Å². The third-order valence-corrected chi connectivity index (χ3v) is 6.87. The first-order chi connectivity index (χ1) is 16.2. The molecule has 0 saturated carbocycles. The lowest BCUT2D eigenvalue weighted by Crippen LogP contribution is -2.35. The molecule has 0 unspecified atom stereocenters. The number of hydrogen-bond donors (Lipinski definition) is 2. The van der Waals surface area contributed by atoms with Gasteiger partial charge in [0.05, 0.1) is 0 Å². The minimum atomic E-state index is -0.0738. The van der Waals surface area contributed by atoms with Gasteiger partial charge in [0, 0.05) is 35.0 Å². The average molecular weight is 447 g/mol. The second-order valence-corrected chi connectivity index (χ2v) is 9.24. The summed E-state index contributed by atoms with van der Waals surface area (Å²) in [6, 6.07) is 16.0. The van der Waals surface area contributed by atoms with E-state index in [1.54, 1.807) is 0 Å². The number of aromatic nitrogens is 1. The van der Waals surface area contributed by atoms with Crippen LogP contribution in [0.3, 0.4) is 0 Å². The topological polar surface area (TPSA) is 51.4 Å². The molecule has 0 atom stereocenters. The van der Waals surface area contributed by atoms with Crippen LogP contribution in [0.4, 0.5) is 16.2 Å². The van der Waals surface area contributed by atoms with Crippen molar-refractivity contribution in [2.45, 2.75) is 58.3 Å². The van der Waals surface area contributed by atoms with Crippen LogP contribution < -0.4 is 10.2 Å². The van der Waals surface area contributed by atoms with Crippen molar-refractivity contribution < 1.29 is 4.79 Å². The van der Waals surface area contributed by atoms with E-state index in [1.807, 2.05) is 35.2 Å². The first-order valence-corrected chi connectivity index (χ1v) is 12.7. The molecule has 3 aromatic rings. The van der Waals surface area contributed by atoms with E-state index in [0.717, 1.165) is 29.7 Å². The highest BCUT2D eigenvalue weighted by atomic mass is 16.2. The Morgan fingerprint density at radius 1 is 1.06 bits per heavy atom. The van der Waals surface area contributed by atoms with Crippen LogP contribution in [-0.2, 0) is 0 Å². The van der Waals surface area contributed by atoms with Crippen molar-refractivity contribution in [3.05, 3.63) is 60.3 Å². The van der Waals surface area contributed by atoms with Crippen molar-refractivity contribution in [1.29, 1.82) is 0 Å². The van der Waals surface area contributed by atoms with E-state index in [1.165, 1.54) is 56.3 Å². The molecule has 1 fully saturated rings. The van der Waals surface area contributed by atoms with Crippen molar-refractivity contribution in [2.24, 2.45) is 0 Å². The molecule has 0 spiro atoms. The van der Waals surface area contributed by atoms with Gasteiger partial charge in [-0.3, -0.25) is 4.90 Å². The summed E-state index contributed by atoms with van der Waals surface area (Å²) in [5.41, 5.74) is 4.34. The monoisotopic (exact) mass is 446 g/mol. The summed E-state index contributed by atoms with van der Waals surface area (Å²) in [4.78, 5) is 21.2. The molecule has 5 heteroatoms. The Labute approximate surface area is 198 Å². The first kappa shape index (κ1) is 23.4. The van der Waals surface area contributed by atoms with Gasteiger partial charge in [0.2, 0.25) is 0 Å². The Hall–Kier alpha value is -2.79. The largest absolute Gasteiger partial charge is 0.361 e. The van der Waals surface area contributed by atoms with E-state index in [2.05, 4.69) is 53.4 Å².